The number of hydrogen-bond donors (Lipinski definition) is 1. The van der Waals surface area contributed by atoms with Crippen molar-refractivity contribution in [1.29, 1.82) is 0 Å². The van der Waals surface area contributed by atoms with Crippen LogP contribution in [0, 0.1) is 5.82 Å². The van der Waals surface area contributed by atoms with Gasteiger partial charge in [0.15, 0.2) is 0 Å². The van der Waals surface area contributed by atoms with Gasteiger partial charge in [-0.2, -0.15) is 0 Å². The van der Waals surface area contributed by atoms with E-state index >= 15 is 0 Å². The van der Waals surface area contributed by atoms with Crippen molar-refractivity contribution >= 4 is 21.8 Å². The lowest BCUT2D eigenvalue weighted by molar-refractivity contribution is 0.0618. The van der Waals surface area contributed by atoms with E-state index in [0.29, 0.717) is 16.6 Å². The van der Waals surface area contributed by atoms with Crippen molar-refractivity contribution in [1.82, 2.24) is 4.90 Å². The van der Waals surface area contributed by atoms with Crippen LogP contribution < -0.4 is 5.73 Å². The number of rotatable bonds is 1. The third-order valence-electron chi connectivity index (χ3n) is 3.34. The highest BCUT2D eigenvalue weighted by molar-refractivity contribution is 9.10. The zero-order chi connectivity index (χ0) is 13.3. The fraction of sp³-hybridized carbons (Fsp3) is 0.462. The Balaban J connectivity index is 2.18. The van der Waals surface area contributed by atoms with Crippen molar-refractivity contribution in [3.05, 3.63) is 34.1 Å². The Labute approximate surface area is 114 Å². The monoisotopic (exact) mass is 314 g/mol. The molecular weight excluding hydrogens is 299 g/mol. The van der Waals surface area contributed by atoms with E-state index in [1.54, 1.807) is 17.0 Å². The minimum atomic E-state index is -0.415. The molecule has 18 heavy (non-hydrogen) atoms. The molecule has 0 unspecified atom stereocenters. The molecule has 0 aliphatic carbocycles. The van der Waals surface area contributed by atoms with Crippen molar-refractivity contribution in [2.45, 2.75) is 31.8 Å². The van der Waals surface area contributed by atoms with Gasteiger partial charge >= 0.3 is 0 Å². The molecule has 5 heteroatoms. The van der Waals surface area contributed by atoms with Crippen LogP contribution in [0.3, 0.4) is 0 Å². The molecule has 1 aliphatic heterocycles. The van der Waals surface area contributed by atoms with Gasteiger partial charge in [-0.3, -0.25) is 4.79 Å². The van der Waals surface area contributed by atoms with Gasteiger partial charge in [-0.05, 0) is 53.9 Å². The Hall–Kier alpha value is -0.940. The fourth-order valence-electron chi connectivity index (χ4n) is 2.31. The summed E-state index contributed by atoms with van der Waals surface area (Å²) in [7, 11) is 0. The zero-order valence-corrected chi connectivity index (χ0v) is 11.8. The van der Waals surface area contributed by atoms with Crippen molar-refractivity contribution < 1.29 is 9.18 Å². The van der Waals surface area contributed by atoms with E-state index in [9.17, 15) is 9.18 Å². The number of halogens is 2. The van der Waals surface area contributed by atoms with Crippen LogP contribution in [0.25, 0.3) is 0 Å². The maximum Gasteiger partial charge on any atom is 0.254 e. The summed E-state index contributed by atoms with van der Waals surface area (Å²) in [6.45, 7) is 2.62. The molecule has 1 saturated heterocycles. The molecule has 1 aliphatic rings. The highest BCUT2D eigenvalue weighted by Crippen LogP contribution is 2.21. The number of nitrogens with zero attached hydrogens (tertiary/aromatic N) is 1. The standard InChI is InChI=1S/C13H16BrFN2O/c1-8-6-10(16)4-5-17(8)13(18)9-2-3-11(14)12(15)7-9/h2-3,7-8,10H,4-6,16H2,1H3/t8-,10+/m1/s1. The highest BCUT2D eigenvalue weighted by atomic mass is 79.9. The minimum absolute atomic E-state index is 0.105. The third-order valence-corrected chi connectivity index (χ3v) is 3.99. The molecule has 3 nitrogen and oxygen atoms in total. The topological polar surface area (TPSA) is 46.3 Å². The number of carbonyl (C=O) groups excluding carboxylic acids is 1. The summed E-state index contributed by atoms with van der Waals surface area (Å²) in [4.78, 5) is 14.1. The lowest BCUT2D eigenvalue weighted by Crippen LogP contribution is -2.48. The molecule has 0 bridgehead atoms. The normalized spacial score (nSPS) is 24.1. The lowest BCUT2D eigenvalue weighted by Gasteiger charge is -2.36. The van der Waals surface area contributed by atoms with Crippen LogP contribution in [0.2, 0.25) is 0 Å². The van der Waals surface area contributed by atoms with E-state index in [1.165, 1.54) is 6.07 Å². The van der Waals surface area contributed by atoms with Crippen LogP contribution in [-0.4, -0.2) is 29.4 Å². The van der Waals surface area contributed by atoms with Crippen molar-refractivity contribution in [2.75, 3.05) is 6.54 Å². The first-order valence-electron chi connectivity index (χ1n) is 6.00. The van der Waals surface area contributed by atoms with Gasteiger partial charge in [0.1, 0.15) is 5.82 Å². The average molecular weight is 315 g/mol. The zero-order valence-electron chi connectivity index (χ0n) is 10.2. The largest absolute Gasteiger partial charge is 0.336 e. The molecule has 1 aromatic rings. The molecule has 2 rings (SSSR count). The first kappa shape index (κ1) is 13.5. The van der Waals surface area contributed by atoms with E-state index in [4.69, 9.17) is 5.73 Å². The van der Waals surface area contributed by atoms with Crippen molar-refractivity contribution in [3.63, 3.8) is 0 Å². The maximum atomic E-state index is 13.4. The van der Waals surface area contributed by atoms with Crippen LogP contribution in [0.5, 0.6) is 0 Å². The number of hydrogen-bond acceptors (Lipinski definition) is 2. The second kappa shape index (κ2) is 5.36. The number of nitrogens with two attached hydrogens (primary N) is 1. The summed E-state index contributed by atoms with van der Waals surface area (Å²) < 4.78 is 13.8. The van der Waals surface area contributed by atoms with Gasteiger partial charge in [0, 0.05) is 24.2 Å². The lowest BCUT2D eigenvalue weighted by atomic mass is 9.98. The number of carbonyl (C=O) groups is 1. The number of likely N-dealkylation sites (tertiary alicyclic amines) is 1. The predicted molar refractivity (Wildman–Crippen MR) is 71.8 cm³/mol. The van der Waals surface area contributed by atoms with Gasteiger partial charge in [-0.15, -0.1) is 0 Å². The van der Waals surface area contributed by atoms with E-state index in [2.05, 4.69) is 15.9 Å². The Morgan fingerprint density at radius 2 is 2.28 bits per heavy atom. The molecule has 1 heterocycles. The minimum Gasteiger partial charge on any atom is -0.336 e. The SMILES string of the molecule is C[C@@H]1C[C@@H](N)CCN1C(=O)c1ccc(Br)c(F)c1. The van der Waals surface area contributed by atoms with Gasteiger partial charge in [0.2, 0.25) is 0 Å². The highest BCUT2D eigenvalue weighted by Gasteiger charge is 2.27. The molecule has 0 saturated carbocycles. The molecule has 1 aromatic carbocycles. The van der Waals surface area contributed by atoms with Crippen LogP contribution in [0.15, 0.2) is 22.7 Å². The number of benzene rings is 1. The first-order chi connectivity index (χ1) is 8.49. The molecule has 0 radical (unpaired) electrons. The molecule has 1 amide bonds. The Kier molecular flexibility index (Phi) is 4.02. The molecular formula is C13H16BrFN2O. The van der Waals surface area contributed by atoms with Gasteiger partial charge in [-0.25, -0.2) is 4.39 Å². The Bertz CT molecular complexity index is 466. The predicted octanol–water partition coefficient (Wildman–Crippen LogP) is 2.54. The average Bonchev–Trinajstić information content (AvgIpc) is 2.32. The summed E-state index contributed by atoms with van der Waals surface area (Å²) in [6.07, 6.45) is 1.60. The van der Waals surface area contributed by atoms with Gasteiger partial charge in [0.05, 0.1) is 4.47 Å². The molecule has 98 valence electrons. The summed E-state index contributed by atoms with van der Waals surface area (Å²) in [5.41, 5.74) is 6.25. The quantitative estimate of drug-likeness (QED) is 0.866. The van der Waals surface area contributed by atoms with Crippen LogP contribution in [0.4, 0.5) is 4.39 Å². The van der Waals surface area contributed by atoms with Crippen molar-refractivity contribution in [2.24, 2.45) is 5.73 Å². The molecule has 0 spiro atoms. The van der Waals surface area contributed by atoms with Gasteiger partial charge in [0.25, 0.3) is 5.91 Å². The Morgan fingerprint density at radius 1 is 1.56 bits per heavy atom. The summed E-state index contributed by atoms with van der Waals surface area (Å²) in [5.74, 6) is -0.539. The van der Waals surface area contributed by atoms with E-state index < -0.39 is 5.82 Å². The maximum absolute atomic E-state index is 13.4. The first-order valence-corrected chi connectivity index (χ1v) is 6.80. The van der Waals surface area contributed by atoms with Gasteiger partial charge < -0.3 is 10.6 Å². The molecule has 2 atom stereocenters. The fourth-order valence-corrected chi connectivity index (χ4v) is 2.55. The number of piperidine rings is 1. The van der Waals surface area contributed by atoms with Crippen LogP contribution in [-0.2, 0) is 0 Å². The third kappa shape index (κ3) is 2.72. The summed E-state index contributed by atoms with van der Waals surface area (Å²) in [6, 6.07) is 4.73. The molecule has 1 fully saturated rings. The van der Waals surface area contributed by atoms with E-state index in [0.717, 1.165) is 12.8 Å². The van der Waals surface area contributed by atoms with E-state index in [-0.39, 0.29) is 18.0 Å². The van der Waals surface area contributed by atoms with Crippen molar-refractivity contribution in [3.8, 4) is 0 Å². The Morgan fingerprint density at radius 3 is 2.89 bits per heavy atom. The second-order valence-electron chi connectivity index (χ2n) is 4.76. The molecule has 2 N–H and O–H groups in total. The smallest absolute Gasteiger partial charge is 0.254 e. The van der Waals surface area contributed by atoms with Crippen LogP contribution in [0.1, 0.15) is 30.1 Å². The summed E-state index contributed by atoms with van der Waals surface area (Å²) in [5, 5.41) is 0. The van der Waals surface area contributed by atoms with Crippen LogP contribution >= 0.6 is 15.9 Å². The second-order valence-corrected chi connectivity index (χ2v) is 5.62. The molecule has 0 aromatic heterocycles. The summed E-state index contributed by atoms with van der Waals surface area (Å²) >= 11 is 3.08. The van der Waals surface area contributed by atoms with E-state index in [1.807, 2.05) is 6.92 Å². The number of amides is 1. The van der Waals surface area contributed by atoms with Gasteiger partial charge in [-0.1, -0.05) is 0 Å².